The summed E-state index contributed by atoms with van der Waals surface area (Å²) >= 11 is 4.79. The van der Waals surface area contributed by atoms with Crippen LogP contribution in [0, 0.1) is 0 Å². The molecule has 7 heteroatoms. The van der Waals surface area contributed by atoms with Gasteiger partial charge in [-0.25, -0.2) is 4.79 Å². The monoisotopic (exact) mass is 226 g/mol. The lowest BCUT2D eigenvalue weighted by Gasteiger charge is -2.06. The number of carboxylic acid groups (broad SMARTS) is 1. The minimum Gasteiger partial charge on any atom is -0.465 e. The summed E-state index contributed by atoms with van der Waals surface area (Å²) in [6.07, 6.45) is 2.85. The topological polar surface area (TPSA) is 90.0 Å². The van der Waals surface area contributed by atoms with Crippen LogP contribution in [0.3, 0.4) is 0 Å². The molecule has 1 aromatic rings. The molecule has 0 bridgehead atoms. The fourth-order valence-electron chi connectivity index (χ4n) is 1.34. The van der Waals surface area contributed by atoms with E-state index in [0.717, 1.165) is 18.4 Å². The second-order valence-corrected chi connectivity index (χ2v) is 3.77. The summed E-state index contributed by atoms with van der Waals surface area (Å²) in [4.78, 5) is 10.3. The van der Waals surface area contributed by atoms with Crippen molar-refractivity contribution < 1.29 is 9.90 Å². The van der Waals surface area contributed by atoms with Gasteiger partial charge in [0.05, 0.1) is 6.20 Å². The second kappa shape index (κ2) is 3.85. The van der Waals surface area contributed by atoms with Gasteiger partial charge in [-0.1, -0.05) is 0 Å². The van der Waals surface area contributed by atoms with Crippen molar-refractivity contribution in [1.29, 1.82) is 0 Å². The van der Waals surface area contributed by atoms with Gasteiger partial charge < -0.3 is 10.4 Å². The predicted molar refractivity (Wildman–Crippen MR) is 57.9 cm³/mol. The van der Waals surface area contributed by atoms with Gasteiger partial charge >= 0.3 is 6.09 Å². The summed E-state index contributed by atoms with van der Waals surface area (Å²) in [5, 5.41) is 20.0. The molecule has 1 heterocycles. The predicted octanol–water partition coefficient (Wildman–Crippen LogP) is 1.25. The van der Waals surface area contributed by atoms with E-state index in [4.69, 9.17) is 17.3 Å². The number of H-pyrrole nitrogens is 1. The van der Waals surface area contributed by atoms with Gasteiger partial charge in [-0.05, 0) is 31.0 Å². The molecule has 1 fully saturated rings. The van der Waals surface area contributed by atoms with Crippen molar-refractivity contribution in [3.63, 3.8) is 0 Å². The molecule has 0 saturated heterocycles. The van der Waals surface area contributed by atoms with Gasteiger partial charge in [0.25, 0.3) is 0 Å². The molecule has 1 aliphatic rings. The maximum Gasteiger partial charge on any atom is 0.410 e. The molecule has 0 radical (unpaired) electrons. The Morgan fingerprint density at radius 3 is 3.00 bits per heavy atom. The third-order valence-corrected chi connectivity index (χ3v) is 2.35. The Balaban J connectivity index is 2.00. The molecule has 4 N–H and O–H groups in total. The summed E-state index contributed by atoms with van der Waals surface area (Å²) in [5.74, 6) is 1.20. The largest absolute Gasteiger partial charge is 0.465 e. The normalized spacial score (nSPS) is 14.7. The molecule has 15 heavy (non-hydrogen) atoms. The second-order valence-electron chi connectivity index (χ2n) is 3.36. The maximum absolute atomic E-state index is 10.3. The van der Waals surface area contributed by atoms with Crippen LogP contribution >= 0.6 is 12.2 Å². The zero-order valence-corrected chi connectivity index (χ0v) is 8.60. The highest BCUT2D eigenvalue weighted by Gasteiger charge is 2.27. The van der Waals surface area contributed by atoms with Crippen molar-refractivity contribution >= 4 is 29.2 Å². The highest BCUT2D eigenvalue weighted by Crippen LogP contribution is 2.42. The Morgan fingerprint density at radius 2 is 2.40 bits per heavy atom. The smallest absolute Gasteiger partial charge is 0.410 e. The van der Waals surface area contributed by atoms with Gasteiger partial charge in [-0.15, -0.1) is 0 Å². The lowest BCUT2D eigenvalue weighted by atomic mass is 10.2. The van der Waals surface area contributed by atoms with Crippen LogP contribution in [0.2, 0.25) is 0 Å². The number of aromatic amines is 1. The Kier molecular flexibility index (Phi) is 2.55. The third-order valence-electron chi connectivity index (χ3n) is 2.14. The molecule has 1 aromatic heterocycles. The van der Waals surface area contributed by atoms with Crippen molar-refractivity contribution in [2.45, 2.75) is 18.8 Å². The first-order valence-electron chi connectivity index (χ1n) is 4.51. The van der Waals surface area contributed by atoms with Crippen molar-refractivity contribution in [2.24, 2.45) is 0 Å². The van der Waals surface area contributed by atoms with Crippen LogP contribution in [0.15, 0.2) is 6.20 Å². The number of nitrogens with zero attached hydrogens (tertiary/aromatic N) is 1. The molecule has 80 valence electrons. The van der Waals surface area contributed by atoms with Crippen molar-refractivity contribution in [2.75, 3.05) is 5.32 Å². The maximum atomic E-state index is 10.3. The molecule has 0 spiro atoms. The van der Waals surface area contributed by atoms with Gasteiger partial charge in [-0.2, -0.15) is 5.10 Å². The minimum absolute atomic E-state index is 0.0497. The molecule has 1 aliphatic carbocycles. The van der Waals surface area contributed by atoms with Gasteiger partial charge in [0, 0.05) is 5.56 Å². The fraction of sp³-hybridized carbons (Fsp3) is 0.375. The average molecular weight is 226 g/mol. The molecule has 1 amide bonds. The summed E-state index contributed by atoms with van der Waals surface area (Å²) in [6, 6.07) is 0. The zero-order valence-electron chi connectivity index (χ0n) is 7.78. The fourth-order valence-corrected chi connectivity index (χ4v) is 1.53. The summed E-state index contributed by atoms with van der Waals surface area (Å²) in [6.45, 7) is 0. The first-order chi connectivity index (χ1) is 7.16. The highest BCUT2D eigenvalue weighted by molar-refractivity contribution is 7.80. The number of aromatic nitrogens is 2. The number of hydrogen-bond acceptors (Lipinski definition) is 3. The third kappa shape index (κ3) is 2.44. The van der Waals surface area contributed by atoms with E-state index in [1.54, 1.807) is 6.20 Å². The van der Waals surface area contributed by atoms with E-state index in [0.29, 0.717) is 11.7 Å². The van der Waals surface area contributed by atoms with Crippen LogP contribution in [0.4, 0.5) is 10.6 Å². The van der Waals surface area contributed by atoms with E-state index in [-0.39, 0.29) is 5.11 Å². The van der Waals surface area contributed by atoms with E-state index in [9.17, 15) is 4.79 Å². The summed E-state index contributed by atoms with van der Waals surface area (Å²) in [5.41, 5.74) is 1.06. The standard InChI is InChI=1S/C8H10N4O2S/c13-8(14)11-7(15)10-6-5(3-9-12-6)4-1-2-4/h3-4H,1-2H2,(H,13,14)(H3,9,10,11,12,15). The number of amides is 1. The lowest BCUT2D eigenvalue weighted by molar-refractivity contribution is 0.200. The minimum atomic E-state index is -1.18. The van der Waals surface area contributed by atoms with Gasteiger partial charge in [0.2, 0.25) is 0 Å². The van der Waals surface area contributed by atoms with Gasteiger partial charge in [0.15, 0.2) is 5.11 Å². The number of carbonyl (C=O) groups is 1. The molecule has 0 unspecified atom stereocenters. The Morgan fingerprint density at radius 1 is 1.67 bits per heavy atom. The van der Waals surface area contributed by atoms with Crippen molar-refractivity contribution in [1.82, 2.24) is 15.5 Å². The van der Waals surface area contributed by atoms with Crippen LogP contribution < -0.4 is 10.6 Å². The zero-order chi connectivity index (χ0) is 10.8. The van der Waals surface area contributed by atoms with E-state index in [2.05, 4.69) is 20.8 Å². The number of hydrogen-bond donors (Lipinski definition) is 4. The summed E-state index contributed by atoms with van der Waals surface area (Å²) in [7, 11) is 0. The van der Waals surface area contributed by atoms with Crippen LogP contribution in [0.5, 0.6) is 0 Å². The van der Waals surface area contributed by atoms with Crippen molar-refractivity contribution in [3.8, 4) is 0 Å². The molecule has 0 aromatic carbocycles. The molecule has 6 nitrogen and oxygen atoms in total. The Bertz CT molecular complexity index is 399. The van der Waals surface area contributed by atoms with Crippen LogP contribution in [0.1, 0.15) is 24.3 Å². The first-order valence-corrected chi connectivity index (χ1v) is 4.92. The van der Waals surface area contributed by atoms with E-state index in [1.807, 2.05) is 0 Å². The molecule has 0 atom stereocenters. The highest BCUT2D eigenvalue weighted by atomic mass is 32.1. The molecule has 1 saturated carbocycles. The quantitative estimate of drug-likeness (QED) is 0.570. The summed E-state index contributed by atoms with van der Waals surface area (Å²) < 4.78 is 0. The SMILES string of the molecule is O=C(O)NC(=S)Nc1[nH]ncc1C1CC1. The number of rotatable bonds is 2. The van der Waals surface area contributed by atoms with Crippen molar-refractivity contribution in [3.05, 3.63) is 11.8 Å². The van der Waals surface area contributed by atoms with Gasteiger partial charge in [-0.3, -0.25) is 10.4 Å². The van der Waals surface area contributed by atoms with E-state index >= 15 is 0 Å². The van der Waals surface area contributed by atoms with Gasteiger partial charge in [0.1, 0.15) is 5.82 Å². The van der Waals surface area contributed by atoms with Crippen LogP contribution in [0.25, 0.3) is 0 Å². The molecule has 2 rings (SSSR count). The van der Waals surface area contributed by atoms with Crippen LogP contribution in [-0.4, -0.2) is 26.5 Å². The average Bonchev–Trinajstić information content (AvgIpc) is 2.87. The lowest BCUT2D eigenvalue weighted by Crippen LogP contribution is -2.33. The van der Waals surface area contributed by atoms with E-state index < -0.39 is 6.09 Å². The number of thiocarbonyl (C=S) groups is 1. The molecular weight excluding hydrogens is 216 g/mol. The van der Waals surface area contributed by atoms with E-state index in [1.165, 1.54) is 0 Å². The Hall–Kier alpha value is -1.63. The number of nitrogens with one attached hydrogen (secondary N) is 3. The first kappa shape index (κ1) is 9.91. The Labute approximate surface area is 91.1 Å². The van der Waals surface area contributed by atoms with Crippen LogP contribution in [-0.2, 0) is 0 Å². The molecular formula is C8H10N4O2S. The molecule has 0 aliphatic heterocycles. The number of anilines is 1.